The Morgan fingerprint density at radius 3 is 2.86 bits per heavy atom. The van der Waals surface area contributed by atoms with Crippen molar-refractivity contribution in [2.45, 2.75) is 33.1 Å². The van der Waals surface area contributed by atoms with Gasteiger partial charge in [-0.3, -0.25) is 4.79 Å². The van der Waals surface area contributed by atoms with E-state index in [-0.39, 0.29) is 5.91 Å². The van der Waals surface area contributed by atoms with Gasteiger partial charge < -0.3 is 14.5 Å². The van der Waals surface area contributed by atoms with E-state index < -0.39 is 0 Å². The van der Waals surface area contributed by atoms with Crippen molar-refractivity contribution in [3.05, 3.63) is 53.1 Å². The minimum absolute atomic E-state index is 0.00800. The summed E-state index contributed by atoms with van der Waals surface area (Å²) < 4.78 is 5.47. The molecule has 0 aliphatic carbocycles. The van der Waals surface area contributed by atoms with E-state index in [1.807, 2.05) is 37.9 Å². The van der Waals surface area contributed by atoms with Crippen LogP contribution in [0.3, 0.4) is 0 Å². The third-order valence-corrected chi connectivity index (χ3v) is 5.70. The van der Waals surface area contributed by atoms with Gasteiger partial charge in [0.2, 0.25) is 0 Å². The molecule has 1 aliphatic rings. The lowest BCUT2D eigenvalue weighted by Crippen LogP contribution is -2.42. The van der Waals surface area contributed by atoms with Gasteiger partial charge in [-0.25, -0.2) is 9.97 Å². The van der Waals surface area contributed by atoms with Crippen molar-refractivity contribution in [2.24, 2.45) is 5.92 Å². The van der Waals surface area contributed by atoms with Gasteiger partial charge in [-0.2, -0.15) is 0 Å². The molecular formula is C23H32N4O2. The van der Waals surface area contributed by atoms with Crippen LogP contribution in [0.15, 0.2) is 30.5 Å². The number of piperidine rings is 1. The van der Waals surface area contributed by atoms with E-state index in [4.69, 9.17) is 4.74 Å². The number of carbonyl (C=O) groups is 1. The fourth-order valence-corrected chi connectivity index (χ4v) is 4.16. The van der Waals surface area contributed by atoms with Crippen molar-refractivity contribution in [3.8, 4) is 5.75 Å². The number of rotatable bonds is 7. The number of para-hydroxylation sites is 1. The molecule has 1 aromatic heterocycles. The Labute approximate surface area is 173 Å². The maximum atomic E-state index is 12.8. The van der Waals surface area contributed by atoms with Gasteiger partial charge in [0.15, 0.2) is 0 Å². The molecule has 156 valence electrons. The second-order valence-corrected chi connectivity index (χ2v) is 7.97. The molecule has 6 nitrogen and oxygen atoms in total. The molecule has 0 N–H and O–H groups in total. The zero-order valence-electron chi connectivity index (χ0n) is 18.0. The van der Waals surface area contributed by atoms with E-state index in [0.717, 1.165) is 50.5 Å². The molecule has 1 amide bonds. The largest absolute Gasteiger partial charge is 0.496 e. The highest BCUT2D eigenvalue weighted by Crippen LogP contribution is 2.21. The SMILES string of the molecule is COc1ccccc1CCN1CCCC(CN(C)C(=O)c2cnc(C)nc2C)C1. The molecular weight excluding hydrogens is 364 g/mol. The number of likely N-dealkylation sites (tertiary alicyclic amines) is 1. The Morgan fingerprint density at radius 2 is 2.10 bits per heavy atom. The molecule has 0 bridgehead atoms. The van der Waals surface area contributed by atoms with Gasteiger partial charge in [-0.15, -0.1) is 0 Å². The van der Waals surface area contributed by atoms with Crippen LogP contribution in [0.2, 0.25) is 0 Å². The highest BCUT2D eigenvalue weighted by Gasteiger charge is 2.24. The molecule has 1 atom stereocenters. The molecule has 3 rings (SSSR count). The quantitative estimate of drug-likeness (QED) is 0.720. The summed E-state index contributed by atoms with van der Waals surface area (Å²) in [6.07, 6.45) is 4.96. The number of carbonyl (C=O) groups excluding carboxylic acids is 1. The van der Waals surface area contributed by atoms with Crippen molar-refractivity contribution >= 4 is 5.91 Å². The van der Waals surface area contributed by atoms with Crippen LogP contribution in [-0.2, 0) is 6.42 Å². The normalized spacial score (nSPS) is 17.2. The summed E-state index contributed by atoms with van der Waals surface area (Å²) in [4.78, 5) is 25.7. The predicted molar refractivity (Wildman–Crippen MR) is 114 cm³/mol. The van der Waals surface area contributed by atoms with Crippen LogP contribution in [-0.4, -0.2) is 66.0 Å². The first kappa shape index (κ1) is 21.2. The van der Waals surface area contributed by atoms with E-state index in [1.54, 1.807) is 13.3 Å². The van der Waals surface area contributed by atoms with Crippen LogP contribution >= 0.6 is 0 Å². The van der Waals surface area contributed by atoms with Crippen LogP contribution in [0.4, 0.5) is 0 Å². The van der Waals surface area contributed by atoms with Gasteiger partial charge in [0.1, 0.15) is 11.6 Å². The highest BCUT2D eigenvalue weighted by atomic mass is 16.5. The van der Waals surface area contributed by atoms with Gasteiger partial charge in [0.25, 0.3) is 5.91 Å². The maximum Gasteiger partial charge on any atom is 0.257 e. The fourth-order valence-electron chi connectivity index (χ4n) is 4.16. The molecule has 1 unspecified atom stereocenters. The Hall–Kier alpha value is -2.47. The average Bonchev–Trinajstić information content (AvgIpc) is 2.72. The summed E-state index contributed by atoms with van der Waals surface area (Å²) in [5, 5.41) is 0. The van der Waals surface area contributed by atoms with E-state index in [1.165, 1.54) is 12.0 Å². The summed E-state index contributed by atoms with van der Waals surface area (Å²) in [6, 6.07) is 8.23. The van der Waals surface area contributed by atoms with Crippen molar-refractivity contribution in [1.82, 2.24) is 19.8 Å². The summed E-state index contributed by atoms with van der Waals surface area (Å²) >= 11 is 0. The molecule has 0 saturated carbocycles. The Balaban J connectivity index is 1.54. The van der Waals surface area contributed by atoms with Crippen LogP contribution in [0.25, 0.3) is 0 Å². The zero-order chi connectivity index (χ0) is 20.8. The Bertz CT molecular complexity index is 839. The predicted octanol–water partition coefficient (Wildman–Crippen LogP) is 3.13. The van der Waals surface area contributed by atoms with Gasteiger partial charge >= 0.3 is 0 Å². The monoisotopic (exact) mass is 396 g/mol. The number of benzene rings is 1. The van der Waals surface area contributed by atoms with Crippen molar-refractivity contribution < 1.29 is 9.53 Å². The number of nitrogens with zero attached hydrogens (tertiary/aromatic N) is 4. The van der Waals surface area contributed by atoms with Gasteiger partial charge in [-0.1, -0.05) is 18.2 Å². The third-order valence-electron chi connectivity index (χ3n) is 5.70. The van der Waals surface area contributed by atoms with Crippen molar-refractivity contribution in [3.63, 3.8) is 0 Å². The van der Waals surface area contributed by atoms with Crippen LogP contribution in [0.5, 0.6) is 5.75 Å². The van der Waals surface area contributed by atoms with Gasteiger partial charge in [-0.05, 0) is 57.2 Å². The minimum Gasteiger partial charge on any atom is -0.496 e. The van der Waals surface area contributed by atoms with Crippen LogP contribution in [0, 0.1) is 19.8 Å². The van der Waals surface area contributed by atoms with Crippen LogP contribution < -0.4 is 4.74 Å². The van der Waals surface area contributed by atoms with Crippen molar-refractivity contribution in [1.29, 1.82) is 0 Å². The number of amides is 1. The average molecular weight is 397 g/mol. The summed E-state index contributed by atoms with van der Waals surface area (Å²) in [7, 11) is 3.61. The molecule has 29 heavy (non-hydrogen) atoms. The lowest BCUT2D eigenvalue weighted by molar-refractivity contribution is 0.0728. The number of aryl methyl sites for hydroxylation is 2. The number of aromatic nitrogens is 2. The number of ether oxygens (including phenoxy) is 1. The standard InChI is InChI=1S/C23H32N4O2/c1-17-21(14-24-18(2)25-17)23(28)26(3)15-19-8-7-12-27(16-19)13-11-20-9-5-6-10-22(20)29-4/h5-6,9-10,14,19H,7-8,11-13,15-16H2,1-4H3. The van der Waals surface area contributed by atoms with E-state index in [2.05, 4.69) is 27.0 Å². The highest BCUT2D eigenvalue weighted by molar-refractivity contribution is 5.94. The van der Waals surface area contributed by atoms with Gasteiger partial charge in [0, 0.05) is 32.9 Å². The number of hydrogen-bond acceptors (Lipinski definition) is 5. The first-order valence-electron chi connectivity index (χ1n) is 10.4. The molecule has 1 saturated heterocycles. The van der Waals surface area contributed by atoms with E-state index >= 15 is 0 Å². The molecule has 1 aromatic carbocycles. The van der Waals surface area contributed by atoms with Crippen LogP contribution in [0.1, 0.15) is 40.3 Å². The third kappa shape index (κ3) is 5.54. The molecule has 2 aromatic rings. The molecule has 1 fully saturated rings. The second-order valence-electron chi connectivity index (χ2n) is 7.97. The molecule has 6 heteroatoms. The minimum atomic E-state index is 0.00800. The van der Waals surface area contributed by atoms with E-state index in [9.17, 15) is 4.79 Å². The second kappa shape index (κ2) is 9.83. The fraction of sp³-hybridized carbons (Fsp3) is 0.522. The number of hydrogen-bond donors (Lipinski definition) is 0. The first-order chi connectivity index (χ1) is 14.0. The van der Waals surface area contributed by atoms with Gasteiger partial charge in [0.05, 0.1) is 18.4 Å². The smallest absolute Gasteiger partial charge is 0.257 e. The summed E-state index contributed by atoms with van der Waals surface area (Å²) in [5.41, 5.74) is 2.60. The van der Waals surface area contributed by atoms with Crippen molar-refractivity contribution in [2.75, 3.05) is 40.3 Å². The molecule has 0 radical (unpaired) electrons. The zero-order valence-corrected chi connectivity index (χ0v) is 18.0. The lowest BCUT2D eigenvalue weighted by Gasteiger charge is -2.35. The molecule has 1 aliphatic heterocycles. The summed E-state index contributed by atoms with van der Waals surface area (Å²) in [5.74, 6) is 2.15. The van der Waals surface area contributed by atoms with E-state index in [0.29, 0.717) is 17.3 Å². The molecule has 2 heterocycles. The Kier molecular flexibility index (Phi) is 7.20. The first-order valence-corrected chi connectivity index (χ1v) is 10.4. The Morgan fingerprint density at radius 1 is 1.31 bits per heavy atom. The number of methoxy groups -OCH3 is 1. The topological polar surface area (TPSA) is 58.6 Å². The lowest BCUT2D eigenvalue weighted by atomic mass is 9.96. The summed E-state index contributed by atoms with van der Waals surface area (Å²) in [6.45, 7) is 7.63. The molecule has 0 spiro atoms. The maximum absolute atomic E-state index is 12.8.